The van der Waals surface area contributed by atoms with Gasteiger partial charge in [-0.25, -0.2) is 4.79 Å². The normalized spacial score (nSPS) is 11.5. The van der Waals surface area contributed by atoms with E-state index < -0.39 is 17.5 Å². The van der Waals surface area contributed by atoms with Crippen LogP contribution < -0.4 is 10.5 Å². The van der Waals surface area contributed by atoms with Crippen molar-refractivity contribution in [2.24, 2.45) is 5.73 Å². The fourth-order valence-electron chi connectivity index (χ4n) is 3.57. The summed E-state index contributed by atoms with van der Waals surface area (Å²) in [4.78, 5) is 23.9. The maximum absolute atomic E-state index is 12.1. The number of aromatic nitrogens is 1. The maximum atomic E-state index is 12.1. The Morgan fingerprint density at radius 1 is 1.03 bits per heavy atom. The summed E-state index contributed by atoms with van der Waals surface area (Å²) in [6.07, 6.45) is 0.713. The van der Waals surface area contributed by atoms with Crippen LogP contribution in [0.5, 0.6) is 5.75 Å². The van der Waals surface area contributed by atoms with Crippen LogP contribution in [0.15, 0.2) is 48.5 Å². The molecule has 3 rings (SSSR count). The standard InChI is InChI=1S/C24H28N2O4/c1-16-19(13-17-9-6-5-7-10-17)18-11-8-12-20(23(18)26(16)14-21(25)27)29-15-22(28)30-24(2,3)4/h5-12H,13-15H2,1-4H3,(H2,25,27). The summed E-state index contributed by atoms with van der Waals surface area (Å²) in [7, 11) is 0. The van der Waals surface area contributed by atoms with Gasteiger partial charge >= 0.3 is 5.97 Å². The zero-order chi connectivity index (χ0) is 21.9. The highest BCUT2D eigenvalue weighted by Gasteiger charge is 2.21. The predicted octanol–water partition coefficient (Wildman–Crippen LogP) is 3.75. The highest BCUT2D eigenvalue weighted by Crippen LogP contribution is 2.34. The van der Waals surface area contributed by atoms with Crippen molar-refractivity contribution in [3.05, 3.63) is 65.4 Å². The minimum absolute atomic E-state index is 0.0317. The van der Waals surface area contributed by atoms with E-state index in [0.29, 0.717) is 12.2 Å². The summed E-state index contributed by atoms with van der Waals surface area (Å²) in [5, 5.41) is 0.972. The van der Waals surface area contributed by atoms with Crippen LogP contribution in [-0.4, -0.2) is 28.7 Å². The van der Waals surface area contributed by atoms with E-state index in [1.165, 1.54) is 5.56 Å². The van der Waals surface area contributed by atoms with Crippen molar-refractivity contribution in [3.63, 3.8) is 0 Å². The monoisotopic (exact) mass is 408 g/mol. The summed E-state index contributed by atoms with van der Waals surface area (Å²) in [5.74, 6) is -0.376. The molecule has 1 amide bonds. The number of hydrogen-bond donors (Lipinski definition) is 1. The van der Waals surface area contributed by atoms with Crippen molar-refractivity contribution in [1.82, 2.24) is 4.57 Å². The highest BCUT2D eigenvalue weighted by molar-refractivity contribution is 5.92. The van der Waals surface area contributed by atoms with Crippen molar-refractivity contribution in [3.8, 4) is 5.75 Å². The Kier molecular flexibility index (Phi) is 6.15. The third-order valence-electron chi connectivity index (χ3n) is 4.74. The smallest absolute Gasteiger partial charge is 0.344 e. The van der Waals surface area contributed by atoms with Gasteiger partial charge in [0.25, 0.3) is 0 Å². The average Bonchev–Trinajstić information content (AvgIpc) is 2.92. The quantitative estimate of drug-likeness (QED) is 0.604. The number of carbonyl (C=O) groups excluding carboxylic acids is 2. The van der Waals surface area contributed by atoms with Gasteiger partial charge in [-0.3, -0.25) is 4.79 Å². The minimum atomic E-state index is -0.585. The van der Waals surface area contributed by atoms with Crippen LogP contribution in [0.1, 0.15) is 37.6 Å². The predicted molar refractivity (Wildman–Crippen MR) is 116 cm³/mol. The van der Waals surface area contributed by atoms with Crippen LogP contribution in [0.3, 0.4) is 0 Å². The Labute approximate surface area is 176 Å². The number of ether oxygens (including phenoxy) is 2. The molecule has 0 spiro atoms. The van der Waals surface area contributed by atoms with Crippen molar-refractivity contribution >= 4 is 22.8 Å². The van der Waals surface area contributed by atoms with Crippen LogP contribution >= 0.6 is 0 Å². The van der Waals surface area contributed by atoms with Gasteiger partial charge in [0.1, 0.15) is 17.9 Å². The van der Waals surface area contributed by atoms with Gasteiger partial charge in [-0.05, 0) is 51.3 Å². The van der Waals surface area contributed by atoms with E-state index in [0.717, 1.165) is 22.2 Å². The Hall–Kier alpha value is -3.28. The SMILES string of the molecule is Cc1c(Cc2ccccc2)c2cccc(OCC(=O)OC(C)(C)C)c2n1CC(N)=O. The third kappa shape index (κ3) is 5.00. The van der Waals surface area contributed by atoms with Gasteiger partial charge in [0.05, 0.1) is 5.52 Å². The summed E-state index contributed by atoms with van der Waals surface area (Å²) in [6, 6.07) is 15.8. The highest BCUT2D eigenvalue weighted by atomic mass is 16.6. The fraction of sp³-hybridized carbons (Fsp3) is 0.333. The van der Waals surface area contributed by atoms with Crippen molar-refractivity contribution in [1.29, 1.82) is 0 Å². The Bertz CT molecular complexity index is 1060. The van der Waals surface area contributed by atoms with Gasteiger partial charge in [-0.15, -0.1) is 0 Å². The molecular formula is C24H28N2O4. The summed E-state index contributed by atoms with van der Waals surface area (Å²) in [5.41, 5.74) is 8.89. The lowest BCUT2D eigenvalue weighted by molar-refractivity contribution is -0.157. The number of fused-ring (bicyclic) bond motifs is 1. The molecule has 158 valence electrons. The molecule has 0 bridgehead atoms. The first-order chi connectivity index (χ1) is 14.2. The zero-order valence-electron chi connectivity index (χ0n) is 17.9. The number of carbonyl (C=O) groups is 2. The van der Waals surface area contributed by atoms with Gasteiger partial charge in [0, 0.05) is 11.1 Å². The molecule has 0 fully saturated rings. The third-order valence-corrected chi connectivity index (χ3v) is 4.74. The molecule has 6 nitrogen and oxygen atoms in total. The minimum Gasteiger partial charge on any atom is -0.480 e. The van der Waals surface area contributed by atoms with Crippen LogP contribution in [0.2, 0.25) is 0 Å². The second-order valence-corrected chi connectivity index (χ2v) is 8.31. The molecule has 1 heterocycles. The van der Waals surface area contributed by atoms with Crippen molar-refractivity contribution in [2.75, 3.05) is 6.61 Å². The number of nitrogens with two attached hydrogens (primary N) is 1. The van der Waals surface area contributed by atoms with E-state index in [-0.39, 0.29) is 13.2 Å². The first kappa shape index (κ1) is 21.4. The van der Waals surface area contributed by atoms with E-state index in [2.05, 4.69) is 12.1 Å². The Balaban J connectivity index is 2.01. The number of hydrogen-bond acceptors (Lipinski definition) is 4. The second-order valence-electron chi connectivity index (χ2n) is 8.31. The van der Waals surface area contributed by atoms with Crippen LogP contribution in [-0.2, 0) is 27.3 Å². The number of amides is 1. The molecule has 30 heavy (non-hydrogen) atoms. The fourth-order valence-corrected chi connectivity index (χ4v) is 3.57. The van der Waals surface area contributed by atoms with E-state index in [4.69, 9.17) is 15.2 Å². The number of primary amides is 1. The zero-order valence-corrected chi connectivity index (χ0v) is 17.9. The van der Waals surface area contributed by atoms with Crippen LogP contribution in [0.25, 0.3) is 10.9 Å². The first-order valence-electron chi connectivity index (χ1n) is 9.93. The maximum Gasteiger partial charge on any atom is 0.344 e. The van der Waals surface area contributed by atoms with E-state index >= 15 is 0 Å². The number of rotatable bonds is 7. The average molecular weight is 408 g/mol. The number of esters is 1. The molecule has 0 saturated heterocycles. The molecule has 1 aromatic heterocycles. The lowest BCUT2D eigenvalue weighted by atomic mass is 10.0. The number of benzene rings is 2. The lowest BCUT2D eigenvalue weighted by Gasteiger charge is -2.19. The van der Waals surface area contributed by atoms with Crippen LogP contribution in [0, 0.1) is 6.92 Å². The van der Waals surface area contributed by atoms with E-state index in [1.807, 2.05) is 62.6 Å². The van der Waals surface area contributed by atoms with Crippen molar-refractivity contribution in [2.45, 2.75) is 46.3 Å². The molecule has 0 saturated carbocycles. The largest absolute Gasteiger partial charge is 0.480 e. The summed E-state index contributed by atoms with van der Waals surface area (Å²) >= 11 is 0. The van der Waals surface area contributed by atoms with Crippen LogP contribution in [0.4, 0.5) is 0 Å². The molecule has 0 unspecified atom stereocenters. The molecule has 0 aliphatic heterocycles. The lowest BCUT2D eigenvalue weighted by Crippen LogP contribution is -2.27. The van der Waals surface area contributed by atoms with Gasteiger partial charge < -0.3 is 19.8 Å². The molecule has 2 N–H and O–H groups in total. The number of para-hydroxylation sites is 1. The van der Waals surface area contributed by atoms with E-state index in [1.54, 1.807) is 6.07 Å². The van der Waals surface area contributed by atoms with Gasteiger partial charge in [-0.2, -0.15) is 0 Å². The Morgan fingerprint density at radius 3 is 2.37 bits per heavy atom. The number of nitrogens with zero attached hydrogens (tertiary/aromatic N) is 1. The second kappa shape index (κ2) is 8.61. The molecule has 6 heteroatoms. The molecular weight excluding hydrogens is 380 g/mol. The molecule has 0 aliphatic carbocycles. The molecule has 0 atom stereocenters. The molecule has 0 radical (unpaired) electrons. The summed E-state index contributed by atoms with van der Waals surface area (Å²) < 4.78 is 13.0. The van der Waals surface area contributed by atoms with Crippen molar-refractivity contribution < 1.29 is 19.1 Å². The van der Waals surface area contributed by atoms with Gasteiger partial charge in [-0.1, -0.05) is 42.5 Å². The van der Waals surface area contributed by atoms with Gasteiger partial charge in [0.15, 0.2) is 6.61 Å². The molecule has 2 aromatic carbocycles. The Morgan fingerprint density at radius 2 is 1.73 bits per heavy atom. The topological polar surface area (TPSA) is 83.6 Å². The summed E-state index contributed by atoms with van der Waals surface area (Å²) in [6.45, 7) is 7.21. The van der Waals surface area contributed by atoms with Gasteiger partial charge in [0.2, 0.25) is 5.91 Å². The van der Waals surface area contributed by atoms with E-state index in [9.17, 15) is 9.59 Å². The molecule has 0 aliphatic rings. The molecule has 3 aromatic rings. The first-order valence-corrected chi connectivity index (χ1v) is 9.93.